The van der Waals surface area contributed by atoms with E-state index in [1.807, 2.05) is 19.1 Å². The van der Waals surface area contributed by atoms with E-state index in [0.29, 0.717) is 18.9 Å². The fourth-order valence-corrected chi connectivity index (χ4v) is 9.78. The Hall–Kier alpha value is -5.30. The number of carbonyl (C=O) groups excluding carboxylic acids is 2. The first-order chi connectivity index (χ1) is 30.5. The highest BCUT2D eigenvalue weighted by Gasteiger charge is 2.40. The van der Waals surface area contributed by atoms with Crippen LogP contribution in [0.15, 0.2) is 169 Å². The molecule has 4 aromatic rings. The van der Waals surface area contributed by atoms with Gasteiger partial charge in [0.25, 0.3) is 0 Å². The van der Waals surface area contributed by atoms with Gasteiger partial charge in [-0.2, -0.15) is 0 Å². The zero-order valence-electron chi connectivity index (χ0n) is 39.1. The number of hydrogen-bond acceptors (Lipinski definition) is 2. The lowest BCUT2D eigenvalue weighted by Gasteiger charge is -2.47. The molecule has 6 heteroatoms. The van der Waals surface area contributed by atoms with Crippen LogP contribution in [0.1, 0.15) is 99.9 Å². The molecule has 2 heterocycles. The summed E-state index contributed by atoms with van der Waals surface area (Å²) in [5.41, 5.74) is 7.67. The van der Waals surface area contributed by atoms with Gasteiger partial charge in [0.2, 0.25) is 11.8 Å². The Morgan fingerprint density at radius 1 is 0.619 bits per heavy atom. The summed E-state index contributed by atoms with van der Waals surface area (Å²) in [5, 5.41) is 0. The van der Waals surface area contributed by atoms with Crippen molar-refractivity contribution in [2.75, 3.05) is 66.5 Å². The van der Waals surface area contributed by atoms with Crippen LogP contribution in [0.25, 0.3) is 0 Å². The Kier molecular flexibility index (Phi) is 17.1. The smallest absolute Gasteiger partial charge is 0.223 e. The van der Waals surface area contributed by atoms with E-state index in [2.05, 4.69) is 190 Å². The number of benzene rings is 4. The SMILES string of the molecule is C/C=C\C(=C/CC)C(CC(=O)N1CC[N+](C)(C(C)C)CC1)c1ccccc1.C[N+]1(C(c2ccccc2)c2ccccc2)CCN(C(=O)CC(C2=CCCC=C2)c2ccccc2)CC1. The Labute approximate surface area is 380 Å². The quantitative estimate of drug-likeness (QED) is 0.0937. The first kappa shape index (κ1) is 47.2. The van der Waals surface area contributed by atoms with Gasteiger partial charge in [0, 0.05) is 35.8 Å². The third kappa shape index (κ3) is 12.5. The number of nitrogens with zero attached hydrogens (tertiary/aromatic N) is 4. The van der Waals surface area contributed by atoms with Crippen molar-refractivity contribution in [3.8, 4) is 0 Å². The fraction of sp³-hybridized carbons (Fsp3) is 0.404. The predicted molar refractivity (Wildman–Crippen MR) is 262 cm³/mol. The van der Waals surface area contributed by atoms with Crippen LogP contribution in [0.3, 0.4) is 0 Å². The third-order valence-electron chi connectivity index (χ3n) is 14.1. The lowest BCUT2D eigenvalue weighted by atomic mass is 9.85. The minimum Gasteiger partial charge on any atom is -0.331 e. The number of amides is 2. The number of likely N-dealkylation sites (N-methyl/N-ethyl adjacent to an activating group) is 2. The summed E-state index contributed by atoms with van der Waals surface area (Å²) < 4.78 is 1.97. The monoisotopic (exact) mass is 847 g/mol. The molecule has 2 aliphatic heterocycles. The predicted octanol–water partition coefficient (Wildman–Crippen LogP) is 11.3. The number of piperazine rings is 2. The van der Waals surface area contributed by atoms with Gasteiger partial charge >= 0.3 is 0 Å². The van der Waals surface area contributed by atoms with Gasteiger partial charge in [-0.05, 0) is 62.3 Å². The molecular weight excluding hydrogens is 773 g/mol. The highest BCUT2D eigenvalue weighted by molar-refractivity contribution is 5.78. The summed E-state index contributed by atoms with van der Waals surface area (Å²) in [7, 11) is 4.67. The van der Waals surface area contributed by atoms with Crippen LogP contribution in [0.2, 0.25) is 0 Å². The number of allylic oxidation sites excluding steroid dienone is 8. The number of rotatable bonds is 14. The van der Waals surface area contributed by atoms with Crippen LogP contribution in [0, 0.1) is 0 Å². The van der Waals surface area contributed by atoms with Crippen molar-refractivity contribution in [1.29, 1.82) is 0 Å². The summed E-state index contributed by atoms with van der Waals surface area (Å²) >= 11 is 0. The van der Waals surface area contributed by atoms with Gasteiger partial charge in [-0.1, -0.05) is 165 Å². The van der Waals surface area contributed by atoms with Gasteiger partial charge in [0.05, 0.1) is 72.5 Å². The number of carbonyl (C=O) groups is 2. The minimum absolute atomic E-state index is 0.124. The molecule has 332 valence electrons. The van der Waals surface area contributed by atoms with E-state index in [-0.39, 0.29) is 29.7 Å². The molecule has 63 heavy (non-hydrogen) atoms. The Balaban J connectivity index is 0.000000219. The van der Waals surface area contributed by atoms with Crippen molar-refractivity contribution in [2.24, 2.45) is 0 Å². The molecule has 0 bridgehead atoms. The van der Waals surface area contributed by atoms with Gasteiger partial charge in [-0.25, -0.2) is 0 Å². The average Bonchev–Trinajstić information content (AvgIpc) is 3.32. The summed E-state index contributed by atoms with van der Waals surface area (Å²) in [5.74, 6) is 0.804. The molecule has 0 N–H and O–H groups in total. The topological polar surface area (TPSA) is 40.6 Å². The maximum absolute atomic E-state index is 13.6. The molecule has 2 unspecified atom stereocenters. The molecule has 2 amide bonds. The minimum atomic E-state index is 0.124. The van der Waals surface area contributed by atoms with Gasteiger partial charge < -0.3 is 18.8 Å². The second-order valence-electron chi connectivity index (χ2n) is 18.6. The van der Waals surface area contributed by atoms with Crippen LogP contribution in [0.5, 0.6) is 0 Å². The Bertz CT molecular complexity index is 2100. The fourth-order valence-electron chi connectivity index (χ4n) is 9.78. The largest absolute Gasteiger partial charge is 0.331 e. The van der Waals surface area contributed by atoms with E-state index in [1.165, 1.54) is 33.4 Å². The van der Waals surface area contributed by atoms with Gasteiger partial charge in [0.1, 0.15) is 6.04 Å². The lowest BCUT2D eigenvalue weighted by molar-refractivity contribution is -0.937. The van der Waals surface area contributed by atoms with E-state index in [4.69, 9.17) is 0 Å². The zero-order chi connectivity index (χ0) is 44.7. The van der Waals surface area contributed by atoms with E-state index >= 15 is 0 Å². The highest BCUT2D eigenvalue weighted by Crippen LogP contribution is 2.37. The lowest BCUT2D eigenvalue weighted by Crippen LogP contribution is -2.61. The zero-order valence-corrected chi connectivity index (χ0v) is 39.1. The molecule has 0 aromatic heterocycles. The van der Waals surface area contributed by atoms with Crippen molar-refractivity contribution in [3.63, 3.8) is 0 Å². The second kappa shape index (κ2) is 22.9. The summed E-state index contributed by atoms with van der Waals surface area (Å²) in [4.78, 5) is 30.9. The molecule has 2 fully saturated rings. The van der Waals surface area contributed by atoms with Crippen LogP contribution in [0.4, 0.5) is 0 Å². The molecule has 7 rings (SSSR count). The molecule has 2 atom stereocenters. The van der Waals surface area contributed by atoms with Crippen LogP contribution < -0.4 is 0 Å². The Morgan fingerprint density at radius 2 is 1.08 bits per heavy atom. The molecular formula is C57H74N4O2+2. The molecule has 3 aliphatic rings. The molecule has 1 aliphatic carbocycles. The van der Waals surface area contributed by atoms with E-state index in [9.17, 15) is 9.59 Å². The van der Waals surface area contributed by atoms with Gasteiger partial charge in [-0.3, -0.25) is 9.59 Å². The average molecular weight is 847 g/mol. The van der Waals surface area contributed by atoms with Crippen molar-refractivity contribution in [2.45, 2.75) is 83.7 Å². The highest BCUT2D eigenvalue weighted by atomic mass is 16.2. The van der Waals surface area contributed by atoms with Gasteiger partial charge in [0.15, 0.2) is 0 Å². The van der Waals surface area contributed by atoms with Crippen LogP contribution in [-0.2, 0) is 9.59 Å². The molecule has 0 radical (unpaired) electrons. The number of quaternary nitrogens is 2. The Morgan fingerprint density at radius 3 is 1.52 bits per heavy atom. The van der Waals surface area contributed by atoms with Crippen molar-refractivity contribution < 1.29 is 18.6 Å². The standard InChI is InChI=1S/C33H37N2O.C24H37N2O/c1-35(33(29-18-10-4-11-19-29)30-20-12-5-13-21-30)24-22-34(23-25-35)32(36)26-31(27-14-6-2-7-15-27)28-16-8-3-9-17-28;1-6-11-21(12-7-2)23(22-13-9-8-10-14-22)19-24(27)25-15-17-26(5,18-16-25)20(3)4/h2,4-8,10-21,31,33H,3,9,22-26H2,1H3;6,8-14,20,23H,7,15-19H2,1-5H3/q2*+1/b;11-6-,21-12+. The molecule has 0 spiro atoms. The van der Waals surface area contributed by atoms with Crippen molar-refractivity contribution >= 4 is 11.8 Å². The maximum Gasteiger partial charge on any atom is 0.223 e. The first-order valence-corrected chi connectivity index (χ1v) is 23.7. The summed E-state index contributed by atoms with van der Waals surface area (Å²) in [6.45, 7) is 16.1. The molecule has 4 aromatic carbocycles. The molecule has 6 nitrogen and oxygen atoms in total. The number of hydrogen-bond donors (Lipinski definition) is 0. The van der Waals surface area contributed by atoms with Gasteiger partial charge in [-0.15, -0.1) is 0 Å². The normalized spacial score (nSPS) is 18.4. The molecule has 2 saturated heterocycles. The van der Waals surface area contributed by atoms with Crippen LogP contribution >= 0.6 is 0 Å². The summed E-state index contributed by atoms with van der Waals surface area (Å²) in [6.07, 6.45) is 17.5. The first-order valence-electron chi connectivity index (χ1n) is 23.7. The van der Waals surface area contributed by atoms with Crippen molar-refractivity contribution in [3.05, 3.63) is 191 Å². The van der Waals surface area contributed by atoms with Crippen molar-refractivity contribution in [1.82, 2.24) is 9.80 Å². The third-order valence-corrected chi connectivity index (χ3v) is 14.1. The van der Waals surface area contributed by atoms with E-state index in [0.717, 1.165) is 80.6 Å². The maximum atomic E-state index is 13.6. The summed E-state index contributed by atoms with van der Waals surface area (Å²) in [6, 6.07) is 43.6. The molecule has 0 saturated carbocycles. The second-order valence-corrected chi connectivity index (χ2v) is 18.6. The van der Waals surface area contributed by atoms with Crippen LogP contribution in [-0.4, -0.2) is 103 Å². The van der Waals surface area contributed by atoms with E-state index < -0.39 is 0 Å². The van der Waals surface area contributed by atoms with E-state index in [1.54, 1.807) is 0 Å².